The summed E-state index contributed by atoms with van der Waals surface area (Å²) in [5, 5.41) is 0. The van der Waals surface area contributed by atoms with E-state index in [0.717, 1.165) is 25.5 Å². The zero-order valence-corrected chi connectivity index (χ0v) is 12.1. The van der Waals surface area contributed by atoms with E-state index < -0.39 is 11.6 Å². The molecule has 0 aliphatic heterocycles. The van der Waals surface area contributed by atoms with E-state index in [4.69, 9.17) is 0 Å². The van der Waals surface area contributed by atoms with Crippen LogP contribution in [0.5, 0.6) is 0 Å². The van der Waals surface area contributed by atoms with Gasteiger partial charge in [-0.1, -0.05) is 51.5 Å². The molecule has 0 aromatic heterocycles. The van der Waals surface area contributed by atoms with Crippen molar-refractivity contribution in [2.24, 2.45) is 0 Å². The van der Waals surface area contributed by atoms with Gasteiger partial charge in [-0.05, 0) is 18.6 Å². The maximum Gasteiger partial charge on any atom is 0.182 e. The van der Waals surface area contributed by atoms with Crippen LogP contribution in [0.15, 0.2) is 18.2 Å². The number of benzene rings is 1. The lowest BCUT2D eigenvalue weighted by Crippen LogP contribution is -2.20. The molecule has 0 heterocycles. The number of anilines is 1. The molecule has 0 amide bonds. The molecule has 1 aromatic carbocycles. The van der Waals surface area contributed by atoms with Gasteiger partial charge >= 0.3 is 0 Å². The number of hydrogen-bond acceptors (Lipinski definition) is 1. The molecule has 0 N–H and O–H groups in total. The van der Waals surface area contributed by atoms with Gasteiger partial charge in [-0.25, -0.2) is 8.78 Å². The first-order chi connectivity index (χ1) is 9.16. The second-order valence-electron chi connectivity index (χ2n) is 5.12. The Kier molecular flexibility index (Phi) is 7.46. The molecule has 3 heteroatoms. The highest BCUT2D eigenvalue weighted by Gasteiger charge is 2.10. The average molecular weight is 269 g/mol. The Hall–Kier alpha value is -1.12. The monoisotopic (exact) mass is 269 g/mol. The molecule has 0 aliphatic rings. The summed E-state index contributed by atoms with van der Waals surface area (Å²) in [5.74, 6) is -1.52. The summed E-state index contributed by atoms with van der Waals surface area (Å²) < 4.78 is 26.6. The molecule has 0 radical (unpaired) electrons. The number of hydrogen-bond donors (Lipinski definition) is 0. The Morgan fingerprint density at radius 2 is 1.58 bits per heavy atom. The van der Waals surface area contributed by atoms with Gasteiger partial charge in [0.2, 0.25) is 0 Å². The van der Waals surface area contributed by atoms with Gasteiger partial charge in [0.1, 0.15) is 0 Å². The Bertz CT molecular complexity index is 366. The van der Waals surface area contributed by atoms with Gasteiger partial charge in [0.05, 0.1) is 5.69 Å². The molecule has 1 aromatic rings. The highest BCUT2D eigenvalue weighted by molar-refractivity contribution is 5.47. The zero-order valence-electron chi connectivity index (χ0n) is 12.1. The molecule has 0 unspecified atom stereocenters. The summed E-state index contributed by atoms with van der Waals surface area (Å²) in [6.07, 6.45) is 8.59. The second kappa shape index (κ2) is 8.89. The van der Waals surface area contributed by atoms with E-state index in [1.807, 2.05) is 7.05 Å². The van der Waals surface area contributed by atoms with Crippen molar-refractivity contribution >= 4 is 5.69 Å². The van der Waals surface area contributed by atoms with Crippen LogP contribution in [-0.4, -0.2) is 13.6 Å². The molecule has 0 saturated heterocycles. The van der Waals surface area contributed by atoms with Crippen LogP contribution in [0.25, 0.3) is 0 Å². The molecule has 0 fully saturated rings. The van der Waals surface area contributed by atoms with E-state index in [0.29, 0.717) is 5.69 Å². The van der Waals surface area contributed by atoms with Gasteiger partial charge in [0, 0.05) is 13.6 Å². The summed E-state index contributed by atoms with van der Waals surface area (Å²) in [6.45, 7) is 2.98. The van der Waals surface area contributed by atoms with Gasteiger partial charge in [0.15, 0.2) is 11.6 Å². The Morgan fingerprint density at radius 3 is 2.26 bits per heavy atom. The van der Waals surface area contributed by atoms with Crippen molar-refractivity contribution in [3.05, 3.63) is 29.8 Å². The van der Waals surface area contributed by atoms with Gasteiger partial charge < -0.3 is 4.90 Å². The van der Waals surface area contributed by atoms with Crippen molar-refractivity contribution in [3.8, 4) is 0 Å². The van der Waals surface area contributed by atoms with Crippen molar-refractivity contribution in [1.29, 1.82) is 0 Å². The van der Waals surface area contributed by atoms with Crippen LogP contribution in [0.3, 0.4) is 0 Å². The van der Waals surface area contributed by atoms with Gasteiger partial charge in [-0.2, -0.15) is 0 Å². The predicted molar refractivity (Wildman–Crippen MR) is 77.6 cm³/mol. The van der Waals surface area contributed by atoms with E-state index in [1.54, 1.807) is 17.0 Å². The third kappa shape index (κ3) is 5.58. The average Bonchev–Trinajstić information content (AvgIpc) is 2.40. The number of nitrogens with zero attached hydrogens (tertiary/aromatic N) is 1. The molecule has 0 atom stereocenters. The van der Waals surface area contributed by atoms with Crippen LogP contribution in [0.1, 0.15) is 51.9 Å². The molecular formula is C16H25F2N. The molecule has 0 aliphatic carbocycles. The normalized spacial score (nSPS) is 10.7. The first-order valence-corrected chi connectivity index (χ1v) is 7.32. The summed E-state index contributed by atoms with van der Waals surface area (Å²) >= 11 is 0. The first kappa shape index (κ1) is 15.9. The third-order valence-electron chi connectivity index (χ3n) is 3.44. The predicted octanol–water partition coefficient (Wildman–Crippen LogP) is 5.15. The van der Waals surface area contributed by atoms with Crippen molar-refractivity contribution in [2.75, 3.05) is 18.5 Å². The van der Waals surface area contributed by atoms with Crippen LogP contribution in [-0.2, 0) is 0 Å². The molecule has 0 bridgehead atoms. The van der Waals surface area contributed by atoms with Crippen LogP contribution >= 0.6 is 0 Å². The number of halogens is 2. The van der Waals surface area contributed by atoms with E-state index >= 15 is 0 Å². The minimum Gasteiger partial charge on any atom is -0.372 e. The van der Waals surface area contributed by atoms with E-state index in [-0.39, 0.29) is 0 Å². The van der Waals surface area contributed by atoms with Crippen molar-refractivity contribution in [1.82, 2.24) is 0 Å². The number of rotatable bonds is 9. The van der Waals surface area contributed by atoms with Crippen molar-refractivity contribution in [3.63, 3.8) is 0 Å². The summed E-state index contributed by atoms with van der Waals surface area (Å²) in [6, 6.07) is 4.33. The molecule has 108 valence electrons. The molecule has 1 nitrogen and oxygen atoms in total. The lowest BCUT2D eigenvalue weighted by Gasteiger charge is -2.19. The van der Waals surface area contributed by atoms with Crippen LogP contribution < -0.4 is 4.90 Å². The highest BCUT2D eigenvalue weighted by Crippen LogP contribution is 2.20. The quantitative estimate of drug-likeness (QED) is 0.560. The van der Waals surface area contributed by atoms with E-state index in [2.05, 4.69) is 6.92 Å². The Morgan fingerprint density at radius 1 is 0.947 bits per heavy atom. The van der Waals surface area contributed by atoms with Crippen molar-refractivity contribution in [2.45, 2.75) is 51.9 Å². The zero-order chi connectivity index (χ0) is 14.1. The molecule has 0 saturated carbocycles. The molecule has 19 heavy (non-hydrogen) atoms. The van der Waals surface area contributed by atoms with Crippen molar-refractivity contribution < 1.29 is 8.78 Å². The topological polar surface area (TPSA) is 3.24 Å². The van der Waals surface area contributed by atoms with Gasteiger partial charge in [0.25, 0.3) is 0 Å². The fraction of sp³-hybridized carbons (Fsp3) is 0.625. The number of unbranched alkanes of at least 4 members (excludes halogenated alkanes) is 6. The molecule has 1 rings (SSSR count). The standard InChI is InChI=1S/C16H25F2N/c1-3-4-5-6-7-8-9-13-19(2)15-12-10-11-14(17)16(15)18/h10-12H,3-9,13H2,1-2H3. The van der Waals surface area contributed by atoms with Crippen LogP contribution in [0.2, 0.25) is 0 Å². The van der Waals surface area contributed by atoms with E-state index in [9.17, 15) is 8.78 Å². The maximum absolute atomic E-state index is 13.6. The summed E-state index contributed by atoms with van der Waals surface area (Å²) in [7, 11) is 1.81. The minimum atomic E-state index is -0.774. The Balaban J connectivity index is 2.24. The second-order valence-corrected chi connectivity index (χ2v) is 5.12. The SMILES string of the molecule is CCCCCCCCCN(C)c1cccc(F)c1F. The largest absolute Gasteiger partial charge is 0.372 e. The Labute approximate surface area is 115 Å². The maximum atomic E-state index is 13.6. The molecule has 0 spiro atoms. The third-order valence-corrected chi connectivity index (χ3v) is 3.44. The molecular weight excluding hydrogens is 244 g/mol. The first-order valence-electron chi connectivity index (χ1n) is 7.32. The summed E-state index contributed by atoms with van der Waals surface area (Å²) in [5.41, 5.74) is 0.353. The smallest absolute Gasteiger partial charge is 0.182 e. The fourth-order valence-electron chi connectivity index (χ4n) is 2.21. The van der Waals surface area contributed by atoms with Gasteiger partial charge in [-0.3, -0.25) is 0 Å². The fourth-order valence-corrected chi connectivity index (χ4v) is 2.21. The highest BCUT2D eigenvalue weighted by atomic mass is 19.2. The lowest BCUT2D eigenvalue weighted by atomic mass is 10.1. The van der Waals surface area contributed by atoms with Crippen LogP contribution in [0, 0.1) is 11.6 Å². The minimum absolute atomic E-state index is 0.353. The lowest BCUT2D eigenvalue weighted by molar-refractivity contribution is 0.506. The van der Waals surface area contributed by atoms with Crippen LogP contribution in [0.4, 0.5) is 14.5 Å². The summed E-state index contributed by atoms with van der Waals surface area (Å²) in [4.78, 5) is 1.80. The van der Waals surface area contributed by atoms with Gasteiger partial charge in [-0.15, -0.1) is 0 Å². The van der Waals surface area contributed by atoms with E-state index in [1.165, 1.54) is 32.1 Å².